The van der Waals surface area contributed by atoms with Gasteiger partial charge in [0.25, 0.3) is 5.56 Å². The zero-order valence-corrected chi connectivity index (χ0v) is 16.4. The molecule has 0 atom stereocenters. The van der Waals surface area contributed by atoms with E-state index in [0.29, 0.717) is 11.8 Å². The SMILES string of the molecule is O=c1ccc(-c2ccccc2)nn1CCCNS(=O)(=O)c1ccccc1C(F)(F)F. The molecule has 0 spiro atoms. The summed E-state index contributed by atoms with van der Waals surface area (Å²) in [4.78, 5) is 11.2. The third-order valence-electron chi connectivity index (χ3n) is 4.26. The van der Waals surface area contributed by atoms with E-state index in [1.807, 2.05) is 30.3 Å². The molecule has 0 aliphatic carbocycles. The number of rotatable bonds is 7. The number of hydrogen-bond donors (Lipinski definition) is 1. The molecule has 0 saturated heterocycles. The first-order valence-electron chi connectivity index (χ1n) is 8.98. The van der Waals surface area contributed by atoms with Gasteiger partial charge in [0, 0.05) is 24.7 Å². The maximum atomic E-state index is 13.1. The molecule has 0 aliphatic heterocycles. The van der Waals surface area contributed by atoms with Crippen LogP contribution in [0.5, 0.6) is 0 Å². The Hall–Kier alpha value is -2.98. The largest absolute Gasteiger partial charge is 0.417 e. The number of aromatic nitrogens is 2. The van der Waals surface area contributed by atoms with Gasteiger partial charge in [-0.2, -0.15) is 18.3 Å². The Morgan fingerprint density at radius 1 is 0.933 bits per heavy atom. The van der Waals surface area contributed by atoms with Crippen molar-refractivity contribution in [1.82, 2.24) is 14.5 Å². The Bertz CT molecular complexity index is 1180. The lowest BCUT2D eigenvalue weighted by Gasteiger charge is -2.14. The summed E-state index contributed by atoms with van der Waals surface area (Å²) >= 11 is 0. The fraction of sp³-hybridized carbons (Fsp3) is 0.200. The van der Waals surface area contributed by atoms with Crippen molar-refractivity contribution >= 4 is 10.0 Å². The molecular formula is C20H18F3N3O3S. The smallest absolute Gasteiger partial charge is 0.268 e. The summed E-state index contributed by atoms with van der Waals surface area (Å²) in [7, 11) is -4.37. The second-order valence-electron chi connectivity index (χ2n) is 6.39. The van der Waals surface area contributed by atoms with Crippen LogP contribution < -0.4 is 10.3 Å². The Morgan fingerprint density at radius 3 is 2.30 bits per heavy atom. The van der Waals surface area contributed by atoms with Crippen LogP contribution in [0.25, 0.3) is 11.3 Å². The molecule has 0 radical (unpaired) electrons. The maximum absolute atomic E-state index is 13.1. The molecule has 6 nitrogen and oxygen atoms in total. The fourth-order valence-corrected chi connectivity index (χ4v) is 4.12. The molecule has 0 unspecified atom stereocenters. The van der Waals surface area contributed by atoms with Crippen molar-refractivity contribution in [2.75, 3.05) is 6.54 Å². The van der Waals surface area contributed by atoms with Gasteiger partial charge < -0.3 is 0 Å². The molecule has 3 aromatic rings. The Labute approximate surface area is 171 Å². The van der Waals surface area contributed by atoms with E-state index in [1.165, 1.54) is 16.8 Å². The molecule has 0 amide bonds. The molecule has 30 heavy (non-hydrogen) atoms. The number of nitrogens with zero attached hydrogens (tertiary/aromatic N) is 2. The zero-order valence-electron chi connectivity index (χ0n) is 15.6. The highest BCUT2D eigenvalue weighted by Crippen LogP contribution is 2.33. The van der Waals surface area contributed by atoms with Crippen LogP contribution in [0.1, 0.15) is 12.0 Å². The van der Waals surface area contributed by atoms with Gasteiger partial charge in [0.15, 0.2) is 0 Å². The first kappa shape index (κ1) is 21.7. The summed E-state index contributed by atoms with van der Waals surface area (Å²) in [6.07, 6.45) is -4.63. The van der Waals surface area contributed by atoms with Crippen molar-refractivity contribution in [3.8, 4) is 11.3 Å². The van der Waals surface area contributed by atoms with Crippen LogP contribution in [0.15, 0.2) is 76.4 Å². The molecular weight excluding hydrogens is 419 g/mol. The number of sulfonamides is 1. The van der Waals surface area contributed by atoms with Crippen molar-refractivity contribution in [2.45, 2.75) is 24.0 Å². The normalized spacial score (nSPS) is 12.1. The van der Waals surface area contributed by atoms with E-state index in [1.54, 1.807) is 6.07 Å². The van der Waals surface area contributed by atoms with E-state index in [2.05, 4.69) is 9.82 Å². The number of hydrogen-bond acceptors (Lipinski definition) is 4. The molecule has 2 aromatic carbocycles. The summed E-state index contributed by atoms with van der Waals surface area (Å²) in [5.74, 6) is 0. The second-order valence-corrected chi connectivity index (χ2v) is 8.13. The summed E-state index contributed by atoms with van der Waals surface area (Å²) < 4.78 is 67.2. The molecule has 1 aromatic heterocycles. The topological polar surface area (TPSA) is 81.1 Å². The van der Waals surface area contributed by atoms with Crippen LogP contribution in [-0.2, 0) is 22.7 Å². The Morgan fingerprint density at radius 2 is 1.60 bits per heavy atom. The van der Waals surface area contributed by atoms with E-state index in [-0.39, 0.29) is 25.1 Å². The number of halogens is 3. The first-order valence-corrected chi connectivity index (χ1v) is 10.5. The van der Waals surface area contributed by atoms with Gasteiger partial charge in [-0.05, 0) is 24.6 Å². The predicted octanol–water partition coefficient (Wildman–Crippen LogP) is 3.30. The summed E-state index contributed by atoms with van der Waals surface area (Å²) in [5.41, 5.74) is -0.198. The minimum Gasteiger partial charge on any atom is -0.268 e. The van der Waals surface area contributed by atoms with Gasteiger partial charge >= 0.3 is 6.18 Å². The third kappa shape index (κ3) is 5.14. The Balaban J connectivity index is 1.68. The van der Waals surface area contributed by atoms with E-state index < -0.39 is 26.7 Å². The highest BCUT2D eigenvalue weighted by molar-refractivity contribution is 7.89. The van der Waals surface area contributed by atoms with Crippen molar-refractivity contribution in [1.29, 1.82) is 0 Å². The van der Waals surface area contributed by atoms with Gasteiger partial charge in [0.2, 0.25) is 10.0 Å². The van der Waals surface area contributed by atoms with Gasteiger partial charge in [-0.1, -0.05) is 42.5 Å². The molecule has 10 heteroatoms. The van der Waals surface area contributed by atoms with Gasteiger partial charge in [0.1, 0.15) is 0 Å². The number of benzene rings is 2. The predicted molar refractivity (Wildman–Crippen MR) is 105 cm³/mol. The third-order valence-corrected chi connectivity index (χ3v) is 5.78. The minimum atomic E-state index is -4.79. The molecule has 0 fully saturated rings. The number of aryl methyl sites for hydroxylation is 1. The number of nitrogens with one attached hydrogen (secondary N) is 1. The summed E-state index contributed by atoms with van der Waals surface area (Å²) in [6.45, 7) is -0.0544. The van der Waals surface area contributed by atoms with Gasteiger partial charge in [-0.15, -0.1) is 0 Å². The Kier molecular flexibility index (Phi) is 6.37. The van der Waals surface area contributed by atoms with Gasteiger partial charge in [0.05, 0.1) is 16.2 Å². The quantitative estimate of drug-likeness (QED) is 0.575. The molecule has 1 heterocycles. The monoisotopic (exact) mass is 437 g/mol. The maximum Gasteiger partial charge on any atom is 0.417 e. The van der Waals surface area contributed by atoms with E-state index in [9.17, 15) is 26.4 Å². The lowest BCUT2D eigenvalue weighted by atomic mass is 10.1. The van der Waals surface area contributed by atoms with Gasteiger partial charge in [-0.25, -0.2) is 17.8 Å². The zero-order chi connectivity index (χ0) is 21.8. The van der Waals surface area contributed by atoms with Crippen LogP contribution in [0, 0.1) is 0 Å². The van der Waals surface area contributed by atoms with Crippen molar-refractivity contribution in [2.24, 2.45) is 0 Å². The van der Waals surface area contributed by atoms with Crippen molar-refractivity contribution in [3.63, 3.8) is 0 Å². The molecule has 3 rings (SSSR count). The minimum absolute atomic E-state index is 0.100. The molecule has 1 N–H and O–H groups in total. The standard InChI is InChI=1S/C20H18F3N3O3S/c21-20(22,23)16-9-4-5-10-18(16)30(28,29)24-13-6-14-26-19(27)12-11-17(25-26)15-7-2-1-3-8-15/h1-5,7-12,24H,6,13-14H2. The van der Waals surface area contributed by atoms with Crippen LogP contribution in [0.3, 0.4) is 0 Å². The first-order chi connectivity index (χ1) is 14.2. The molecule has 0 bridgehead atoms. The van der Waals surface area contributed by atoms with Crippen LogP contribution >= 0.6 is 0 Å². The number of alkyl halides is 3. The van der Waals surface area contributed by atoms with Gasteiger partial charge in [-0.3, -0.25) is 4.79 Å². The van der Waals surface area contributed by atoms with Crippen LogP contribution in [-0.4, -0.2) is 24.7 Å². The lowest BCUT2D eigenvalue weighted by molar-refractivity contribution is -0.139. The highest BCUT2D eigenvalue weighted by atomic mass is 32.2. The molecule has 0 saturated carbocycles. The van der Waals surface area contributed by atoms with Crippen molar-refractivity contribution < 1.29 is 21.6 Å². The van der Waals surface area contributed by atoms with Crippen LogP contribution in [0.4, 0.5) is 13.2 Å². The van der Waals surface area contributed by atoms with E-state index in [0.717, 1.165) is 17.7 Å². The van der Waals surface area contributed by atoms with E-state index in [4.69, 9.17) is 0 Å². The van der Waals surface area contributed by atoms with Crippen LogP contribution in [0.2, 0.25) is 0 Å². The average Bonchev–Trinajstić information content (AvgIpc) is 2.72. The summed E-state index contributed by atoms with van der Waals surface area (Å²) in [6, 6.07) is 16.1. The van der Waals surface area contributed by atoms with Crippen molar-refractivity contribution in [3.05, 3.63) is 82.6 Å². The average molecular weight is 437 g/mol. The lowest BCUT2D eigenvalue weighted by Crippen LogP contribution is -2.29. The molecule has 0 aliphatic rings. The van der Waals surface area contributed by atoms with E-state index >= 15 is 0 Å². The second kappa shape index (κ2) is 8.80. The fourth-order valence-electron chi connectivity index (χ4n) is 2.82. The highest BCUT2D eigenvalue weighted by Gasteiger charge is 2.36. The molecule has 158 valence electrons. The summed E-state index contributed by atoms with van der Waals surface area (Å²) in [5, 5.41) is 4.26.